The second-order valence-corrected chi connectivity index (χ2v) is 10.2. The number of hydrogen-bond donors (Lipinski definition) is 0. The van der Waals surface area contributed by atoms with Crippen LogP contribution in [0.15, 0.2) is 72.9 Å². The van der Waals surface area contributed by atoms with Gasteiger partial charge in [0.25, 0.3) is 5.91 Å². The van der Waals surface area contributed by atoms with Crippen LogP contribution in [0, 0.1) is 19.3 Å². The molecular formula is C33H32N4O3. The molecule has 0 atom stereocenters. The summed E-state index contributed by atoms with van der Waals surface area (Å²) in [7, 11) is 4.10. The maximum absolute atomic E-state index is 13.2. The predicted octanol–water partition coefficient (Wildman–Crippen LogP) is 5.04. The summed E-state index contributed by atoms with van der Waals surface area (Å²) in [6.45, 7) is 4.97. The lowest BCUT2D eigenvalue weighted by molar-refractivity contribution is -0.112. The van der Waals surface area contributed by atoms with Crippen LogP contribution in [0.25, 0.3) is 22.0 Å². The summed E-state index contributed by atoms with van der Waals surface area (Å²) in [5.74, 6) is 1.73. The van der Waals surface area contributed by atoms with Crippen molar-refractivity contribution in [3.63, 3.8) is 0 Å². The average molecular weight is 533 g/mol. The highest BCUT2D eigenvalue weighted by molar-refractivity contribution is 6.15. The number of ether oxygens (including phenoxy) is 1. The smallest absolute Gasteiger partial charge is 0.307 e. The maximum atomic E-state index is 13.2. The number of fused-ring (bicyclic) bond motifs is 1. The van der Waals surface area contributed by atoms with E-state index in [1.54, 1.807) is 35.4 Å². The van der Waals surface area contributed by atoms with Gasteiger partial charge in [0.2, 0.25) is 0 Å². The van der Waals surface area contributed by atoms with Crippen LogP contribution in [0.4, 0.5) is 11.4 Å². The molecular weight excluding hydrogens is 500 g/mol. The SMILES string of the molecule is C#CC(=O)N(c1ccc(C(=O)N2CCOCC2)cc1)c1c(C)cnc2ccc(-c3ccc(CN(C)C)cc3)cc12. The summed E-state index contributed by atoms with van der Waals surface area (Å²) >= 11 is 0. The molecule has 0 radical (unpaired) electrons. The molecule has 4 aromatic rings. The van der Waals surface area contributed by atoms with E-state index in [-0.39, 0.29) is 5.91 Å². The van der Waals surface area contributed by atoms with Crippen molar-refractivity contribution < 1.29 is 14.3 Å². The molecule has 0 aliphatic carbocycles. The zero-order valence-electron chi connectivity index (χ0n) is 23.1. The fraction of sp³-hybridized carbons (Fsp3) is 0.242. The van der Waals surface area contributed by atoms with Gasteiger partial charge in [-0.05, 0) is 85.6 Å². The lowest BCUT2D eigenvalue weighted by Gasteiger charge is -2.27. The molecule has 1 aliphatic rings. The van der Waals surface area contributed by atoms with E-state index < -0.39 is 5.91 Å². The largest absolute Gasteiger partial charge is 0.378 e. The van der Waals surface area contributed by atoms with Gasteiger partial charge in [0, 0.05) is 42.5 Å². The zero-order chi connectivity index (χ0) is 28.2. The summed E-state index contributed by atoms with van der Waals surface area (Å²) in [5, 5.41) is 0.812. The number of terminal acetylenes is 1. The monoisotopic (exact) mass is 532 g/mol. The van der Waals surface area contributed by atoms with Crippen molar-refractivity contribution >= 4 is 34.1 Å². The minimum Gasteiger partial charge on any atom is -0.378 e. The van der Waals surface area contributed by atoms with E-state index >= 15 is 0 Å². The molecule has 1 aromatic heterocycles. The number of aryl methyl sites for hydroxylation is 1. The van der Waals surface area contributed by atoms with E-state index in [9.17, 15) is 9.59 Å². The number of nitrogens with zero attached hydrogens (tertiary/aromatic N) is 4. The Kier molecular flexibility index (Phi) is 7.92. The minimum absolute atomic E-state index is 0.0588. The van der Waals surface area contributed by atoms with Crippen LogP contribution >= 0.6 is 0 Å². The molecule has 40 heavy (non-hydrogen) atoms. The Labute approximate surface area is 235 Å². The Morgan fingerprint density at radius 3 is 2.30 bits per heavy atom. The fourth-order valence-electron chi connectivity index (χ4n) is 5.04. The molecule has 0 bridgehead atoms. The van der Waals surface area contributed by atoms with Crippen LogP contribution in [0.2, 0.25) is 0 Å². The number of pyridine rings is 1. The van der Waals surface area contributed by atoms with Gasteiger partial charge in [-0.25, -0.2) is 0 Å². The number of carbonyl (C=O) groups excluding carboxylic acids is 2. The van der Waals surface area contributed by atoms with Crippen molar-refractivity contribution in [3.05, 3.63) is 89.6 Å². The quantitative estimate of drug-likeness (QED) is 0.326. The predicted molar refractivity (Wildman–Crippen MR) is 158 cm³/mol. The van der Waals surface area contributed by atoms with E-state index in [1.165, 1.54) is 10.5 Å². The molecule has 3 aromatic carbocycles. The number of anilines is 2. The molecule has 0 spiro atoms. The molecule has 0 N–H and O–H groups in total. The first kappa shape index (κ1) is 27.1. The van der Waals surface area contributed by atoms with Crippen molar-refractivity contribution in [1.82, 2.24) is 14.8 Å². The van der Waals surface area contributed by atoms with Gasteiger partial charge in [0.15, 0.2) is 0 Å². The third-order valence-corrected chi connectivity index (χ3v) is 7.03. The third-order valence-electron chi connectivity index (χ3n) is 7.03. The molecule has 0 unspecified atom stereocenters. The van der Waals surface area contributed by atoms with Gasteiger partial charge in [-0.15, -0.1) is 6.42 Å². The number of benzene rings is 3. The fourth-order valence-corrected chi connectivity index (χ4v) is 5.04. The maximum Gasteiger partial charge on any atom is 0.307 e. The van der Waals surface area contributed by atoms with Gasteiger partial charge in [0.1, 0.15) is 0 Å². The topological polar surface area (TPSA) is 66.0 Å². The van der Waals surface area contributed by atoms with E-state index in [1.807, 2.05) is 33.2 Å². The van der Waals surface area contributed by atoms with E-state index in [0.717, 1.165) is 34.1 Å². The van der Waals surface area contributed by atoms with Crippen LogP contribution in [-0.4, -0.2) is 67.0 Å². The molecule has 1 saturated heterocycles. The lowest BCUT2D eigenvalue weighted by Crippen LogP contribution is -2.40. The zero-order valence-corrected chi connectivity index (χ0v) is 23.1. The standard InChI is InChI=1S/C33H32N4O3/c1-5-31(38)37(28-13-10-26(11-14-28)33(39)36-16-18-40-19-17-36)32-23(2)21-34-30-15-12-27(20-29(30)32)25-8-6-24(7-9-25)22-35(3)4/h1,6-15,20-21H,16-19,22H2,2-4H3. The minimum atomic E-state index is -0.499. The van der Waals surface area contributed by atoms with Crippen LogP contribution in [0.3, 0.4) is 0 Å². The van der Waals surface area contributed by atoms with Gasteiger partial charge in [0.05, 0.1) is 24.4 Å². The molecule has 2 amide bonds. The normalized spacial score (nSPS) is 13.3. The Morgan fingerprint density at radius 2 is 1.65 bits per heavy atom. The van der Waals surface area contributed by atoms with E-state index in [2.05, 4.69) is 46.1 Å². The molecule has 2 heterocycles. The molecule has 7 heteroatoms. The first-order valence-electron chi connectivity index (χ1n) is 13.3. The second-order valence-electron chi connectivity index (χ2n) is 10.2. The highest BCUT2D eigenvalue weighted by atomic mass is 16.5. The van der Waals surface area contributed by atoms with Crippen LogP contribution < -0.4 is 4.90 Å². The molecule has 1 aliphatic heterocycles. The van der Waals surface area contributed by atoms with Gasteiger partial charge < -0.3 is 14.5 Å². The van der Waals surface area contributed by atoms with Crippen molar-refractivity contribution in [2.24, 2.45) is 0 Å². The summed E-state index contributed by atoms with van der Waals surface area (Å²) in [4.78, 5) is 36.3. The van der Waals surface area contributed by atoms with E-state index in [4.69, 9.17) is 11.2 Å². The Balaban J connectivity index is 1.55. The molecule has 202 valence electrons. The van der Waals surface area contributed by atoms with Crippen LogP contribution in [0.5, 0.6) is 0 Å². The summed E-state index contributed by atoms with van der Waals surface area (Å²) in [6, 6.07) is 21.5. The number of amides is 2. The number of morpholine rings is 1. The van der Waals surface area contributed by atoms with E-state index in [0.29, 0.717) is 43.2 Å². The van der Waals surface area contributed by atoms with Gasteiger partial charge in [-0.3, -0.25) is 19.5 Å². The van der Waals surface area contributed by atoms with Crippen molar-refractivity contribution in [3.8, 4) is 23.5 Å². The summed E-state index contributed by atoms with van der Waals surface area (Å²) in [5.41, 5.74) is 6.67. The Hall–Kier alpha value is -4.51. The van der Waals surface area contributed by atoms with Gasteiger partial charge in [-0.2, -0.15) is 0 Å². The Morgan fingerprint density at radius 1 is 0.975 bits per heavy atom. The van der Waals surface area contributed by atoms with Gasteiger partial charge >= 0.3 is 5.91 Å². The summed E-state index contributed by atoms with van der Waals surface area (Å²) in [6.07, 6.45) is 7.40. The second kappa shape index (κ2) is 11.7. The number of aromatic nitrogens is 1. The molecule has 1 fully saturated rings. The van der Waals surface area contributed by atoms with Crippen LogP contribution in [-0.2, 0) is 16.1 Å². The average Bonchev–Trinajstić information content (AvgIpc) is 2.98. The van der Waals surface area contributed by atoms with Gasteiger partial charge in [-0.1, -0.05) is 30.3 Å². The number of hydrogen-bond acceptors (Lipinski definition) is 5. The van der Waals surface area contributed by atoms with Crippen LogP contribution in [0.1, 0.15) is 21.5 Å². The third kappa shape index (κ3) is 5.59. The van der Waals surface area contributed by atoms with Crippen molar-refractivity contribution in [2.75, 3.05) is 45.3 Å². The first-order valence-corrected chi connectivity index (χ1v) is 13.3. The molecule has 0 saturated carbocycles. The first-order chi connectivity index (χ1) is 19.4. The number of carbonyl (C=O) groups is 2. The Bertz CT molecular complexity index is 1580. The molecule has 5 rings (SSSR count). The van der Waals surface area contributed by atoms with Crippen molar-refractivity contribution in [2.45, 2.75) is 13.5 Å². The molecule has 7 nitrogen and oxygen atoms in total. The highest BCUT2D eigenvalue weighted by Crippen LogP contribution is 2.37. The van der Waals surface area contributed by atoms with Crippen molar-refractivity contribution in [1.29, 1.82) is 0 Å². The lowest BCUT2D eigenvalue weighted by atomic mass is 9.99. The summed E-state index contributed by atoms with van der Waals surface area (Å²) < 4.78 is 5.36. The number of rotatable bonds is 6. The highest BCUT2D eigenvalue weighted by Gasteiger charge is 2.23.